The molecule has 2 rings (SSSR count). The Labute approximate surface area is 122 Å². The normalized spacial score (nSPS) is 31.8. The van der Waals surface area contributed by atoms with Crippen molar-refractivity contribution in [3.8, 4) is 0 Å². The fraction of sp³-hybridized carbons (Fsp3) is 0.750. The minimum atomic E-state index is 0.239. The number of nitrogens with two attached hydrogens (primary N) is 1. The van der Waals surface area contributed by atoms with E-state index in [2.05, 4.69) is 43.3 Å². The summed E-state index contributed by atoms with van der Waals surface area (Å²) in [5.41, 5.74) is 6.40. The standard InChI is InChI=1S/C16H28N2S/c1-13-6-8-16(12-17,11-14(13)2)18(3)9-7-15-5-4-10-19-15/h4-5,10,13-14H,6-9,11-12,17H2,1-3H3. The quantitative estimate of drug-likeness (QED) is 0.896. The van der Waals surface area contributed by atoms with Crippen molar-refractivity contribution >= 4 is 11.3 Å². The van der Waals surface area contributed by atoms with Gasteiger partial charge in [-0.05, 0) is 56.0 Å². The van der Waals surface area contributed by atoms with Gasteiger partial charge in [0, 0.05) is 23.5 Å². The molecule has 0 aliphatic heterocycles. The summed E-state index contributed by atoms with van der Waals surface area (Å²) in [6.45, 7) is 6.70. The molecule has 1 aromatic rings. The molecule has 3 heteroatoms. The van der Waals surface area contributed by atoms with Crippen LogP contribution in [0.3, 0.4) is 0 Å². The van der Waals surface area contributed by atoms with Gasteiger partial charge in [-0.25, -0.2) is 0 Å². The molecule has 1 fully saturated rings. The first-order chi connectivity index (χ1) is 9.07. The van der Waals surface area contributed by atoms with Gasteiger partial charge in [-0.1, -0.05) is 19.9 Å². The molecule has 0 amide bonds. The third-order valence-electron chi connectivity index (χ3n) is 5.20. The lowest BCUT2D eigenvalue weighted by molar-refractivity contribution is 0.0413. The molecule has 0 aromatic carbocycles. The fourth-order valence-corrected chi connectivity index (χ4v) is 4.04. The average Bonchev–Trinajstić information content (AvgIpc) is 2.92. The summed E-state index contributed by atoms with van der Waals surface area (Å²) in [6.07, 6.45) is 4.99. The van der Waals surface area contributed by atoms with Crippen molar-refractivity contribution in [3.63, 3.8) is 0 Å². The van der Waals surface area contributed by atoms with Crippen LogP contribution >= 0.6 is 11.3 Å². The lowest BCUT2D eigenvalue weighted by Gasteiger charge is -2.48. The van der Waals surface area contributed by atoms with E-state index in [4.69, 9.17) is 5.73 Å². The zero-order valence-electron chi connectivity index (χ0n) is 12.6. The molecule has 3 atom stereocenters. The summed E-state index contributed by atoms with van der Waals surface area (Å²) < 4.78 is 0. The number of nitrogens with zero attached hydrogens (tertiary/aromatic N) is 1. The lowest BCUT2D eigenvalue weighted by Crippen LogP contribution is -2.56. The van der Waals surface area contributed by atoms with Crippen molar-refractivity contribution in [3.05, 3.63) is 22.4 Å². The first-order valence-corrected chi connectivity index (χ1v) is 8.39. The van der Waals surface area contributed by atoms with Crippen molar-refractivity contribution in [2.24, 2.45) is 17.6 Å². The van der Waals surface area contributed by atoms with Crippen LogP contribution in [0.25, 0.3) is 0 Å². The Morgan fingerprint density at radius 2 is 2.21 bits per heavy atom. The molecule has 2 nitrogen and oxygen atoms in total. The smallest absolute Gasteiger partial charge is 0.0331 e. The van der Waals surface area contributed by atoms with E-state index < -0.39 is 0 Å². The zero-order valence-corrected chi connectivity index (χ0v) is 13.4. The van der Waals surface area contributed by atoms with E-state index in [1.54, 1.807) is 0 Å². The third-order valence-corrected chi connectivity index (χ3v) is 6.14. The highest BCUT2D eigenvalue weighted by molar-refractivity contribution is 7.09. The fourth-order valence-electron chi connectivity index (χ4n) is 3.34. The molecule has 108 valence electrons. The van der Waals surface area contributed by atoms with Gasteiger partial charge in [-0.2, -0.15) is 0 Å². The second kappa shape index (κ2) is 6.38. The number of hydrogen-bond acceptors (Lipinski definition) is 3. The van der Waals surface area contributed by atoms with Crippen molar-refractivity contribution in [2.75, 3.05) is 20.1 Å². The molecular weight excluding hydrogens is 252 g/mol. The second-order valence-corrected chi connectivity index (χ2v) is 7.41. The maximum absolute atomic E-state index is 6.16. The van der Waals surface area contributed by atoms with Gasteiger partial charge in [0.1, 0.15) is 0 Å². The van der Waals surface area contributed by atoms with Crippen LogP contribution in [-0.2, 0) is 6.42 Å². The zero-order chi connectivity index (χ0) is 13.9. The predicted octanol–water partition coefficient (Wildman–Crippen LogP) is 3.38. The minimum absolute atomic E-state index is 0.239. The molecule has 0 radical (unpaired) electrons. The van der Waals surface area contributed by atoms with Gasteiger partial charge < -0.3 is 5.73 Å². The summed E-state index contributed by atoms with van der Waals surface area (Å²) in [5.74, 6) is 1.65. The summed E-state index contributed by atoms with van der Waals surface area (Å²) in [6, 6.07) is 4.38. The lowest BCUT2D eigenvalue weighted by atomic mass is 9.70. The van der Waals surface area contributed by atoms with E-state index in [1.807, 2.05) is 11.3 Å². The van der Waals surface area contributed by atoms with E-state index in [0.29, 0.717) is 0 Å². The molecule has 1 aliphatic carbocycles. The Kier molecular flexibility index (Phi) is 5.04. The van der Waals surface area contributed by atoms with Crippen LogP contribution in [0.2, 0.25) is 0 Å². The predicted molar refractivity (Wildman–Crippen MR) is 84.6 cm³/mol. The Balaban J connectivity index is 1.96. The van der Waals surface area contributed by atoms with E-state index in [0.717, 1.165) is 31.3 Å². The molecule has 19 heavy (non-hydrogen) atoms. The molecule has 1 aliphatic rings. The van der Waals surface area contributed by atoms with Gasteiger partial charge in [0.2, 0.25) is 0 Å². The molecule has 1 heterocycles. The van der Waals surface area contributed by atoms with E-state index in [1.165, 1.54) is 24.1 Å². The molecule has 3 unspecified atom stereocenters. The van der Waals surface area contributed by atoms with Gasteiger partial charge in [0.05, 0.1) is 0 Å². The molecule has 0 saturated heterocycles. The SMILES string of the molecule is CC1CCC(CN)(N(C)CCc2cccs2)CC1C. The number of thiophene rings is 1. The Morgan fingerprint density at radius 3 is 2.79 bits per heavy atom. The van der Waals surface area contributed by atoms with Crippen LogP contribution in [0.15, 0.2) is 17.5 Å². The summed E-state index contributed by atoms with van der Waals surface area (Å²) >= 11 is 1.86. The molecule has 0 spiro atoms. The van der Waals surface area contributed by atoms with Crippen molar-refractivity contribution < 1.29 is 0 Å². The van der Waals surface area contributed by atoms with Gasteiger partial charge in [0.25, 0.3) is 0 Å². The maximum atomic E-state index is 6.16. The first-order valence-electron chi connectivity index (χ1n) is 7.51. The number of likely N-dealkylation sites (N-methyl/N-ethyl adjacent to an activating group) is 1. The number of rotatable bonds is 5. The summed E-state index contributed by atoms with van der Waals surface area (Å²) in [7, 11) is 2.27. The maximum Gasteiger partial charge on any atom is 0.0331 e. The molecule has 1 saturated carbocycles. The van der Waals surface area contributed by atoms with E-state index in [9.17, 15) is 0 Å². The van der Waals surface area contributed by atoms with E-state index >= 15 is 0 Å². The molecule has 0 bridgehead atoms. The number of hydrogen-bond donors (Lipinski definition) is 1. The Morgan fingerprint density at radius 1 is 1.42 bits per heavy atom. The summed E-state index contributed by atoms with van der Waals surface area (Å²) in [5, 5.41) is 2.17. The highest BCUT2D eigenvalue weighted by atomic mass is 32.1. The Bertz CT molecular complexity index is 376. The van der Waals surface area contributed by atoms with Crippen LogP contribution in [0.4, 0.5) is 0 Å². The highest BCUT2D eigenvalue weighted by Gasteiger charge is 2.39. The Hall–Kier alpha value is -0.380. The minimum Gasteiger partial charge on any atom is -0.329 e. The van der Waals surface area contributed by atoms with Crippen LogP contribution in [0.5, 0.6) is 0 Å². The molecule has 2 N–H and O–H groups in total. The van der Waals surface area contributed by atoms with Gasteiger partial charge in [-0.15, -0.1) is 11.3 Å². The second-order valence-electron chi connectivity index (χ2n) is 6.38. The van der Waals surface area contributed by atoms with Crippen molar-refractivity contribution in [1.82, 2.24) is 4.90 Å². The van der Waals surface area contributed by atoms with Crippen molar-refractivity contribution in [1.29, 1.82) is 0 Å². The van der Waals surface area contributed by atoms with Crippen molar-refractivity contribution in [2.45, 2.75) is 45.1 Å². The largest absolute Gasteiger partial charge is 0.329 e. The van der Waals surface area contributed by atoms with Gasteiger partial charge >= 0.3 is 0 Å². The third kappa shape index (κ3) is 3.39. The van der Waals surface area contributed by atoms with Crippen LogP contribution in [-0.4, -0.2) is 30.6 Å². The average molecular weight is 280 g/mol. The highest BCUT2D eigenvalue weighted by Crippen LogP contribution is 2.38. The van der Waals surface area contributed by atoms with Gasteiger partial charge in [-0.3, -0.25) is 4.90 Å². The molecular formula is C16H28N2S. The topological polar surface area (TPSA) is 29.3 Å². The van der Waals surface area contributed by atoms with Crippen LogP contribution in [0.1, 0.15) is 38.0 Å². The first kappa shape index (κ1) is 15.0. The van der Waals surface area contributed by atoms with Gasteiger partial charge in [0.15, 0.2) is 0 Å². The van der Waals surface area contributed by atoms with E-state index in [-0.39, 0.29) is 5.54 Å². The monoisotopic (exact) mass is 280 g/mol. The van der Waals surface area contributed by atoms with Crippen LogP contribution in [0, 0.1) is 11.8 Å². The van der Waals surface area contributed by atoms with Crippen LogP contribution < -0.4 is 5.73 Å². The molecule has 1 aromatic heterocycles. The summed E-state index contributed by atoms with van der Waals surface area (Å²) in [4.78, 5) is 4.02.